The first kappa shape index (κ1) is 9.85. The third-order valence-electron chi connectivity index (χ3n) is 1.79. The van der Waals surface area contributed by atoms with E-state index in [0.29, 0.717) is 12.3 Å². The van der Waals surface area contributed by atoms with Crippen molar-refractivity contribution < 1.29 is 9.59 Å². The zero-order valence-corrected chi connectivity index (χ0v) is 7.70. The smallest absolute Gasteiger partial charge is 0.259 e. The summed E-state index contributed by atoms with van der Waals surface area (Å²) < 4.78 is 0. The van der Waals surface area contributed by atoms with Crippen molar-refractivity contribution in [3.63, 3.8) is 0 Å². The number of nitrogens with one attached hydrogen (secondary N) is 1. The number of carbonyl (C=O) groups excluding carboxylic acids is 2. The summed E-state index contributed by atoms with van der Waals surface area (Å²) in [5, 5.41) is 2.54. The number of carbonyl (C=O) groups is 2. The fourth-order valence-electron chi connectivity index (χ4n) is 1.02. The fourth-order valence-corrected chi connectivity index (χ4v) is 1.02. The van der Waals surface area contributed by atoms with Gasteiger partial charge in [-0.15, -0.1) is 0 Å². The maximum Gasteiger partial charge on any atom is 0.259 e. The van der Waals surface area contributed by atoms with Gasteiger partial charge in [0.15, 0.2) is 0 Å². The molecule has 2 unspecified atom stereocenters. The van der Waals surface area contributed by atoms with Crippen LogP contribution in [0.25, 0.3) is 0 Å². The predicted octanol–water partition coefficient (Wildman–Crippen LogP) is -0.585. The highest BCUT2D eigenvalue weighted by Crippen LogP contribution is 2.05. The Bertz CT molecular complexity index is 271. The molecular weight excluding hydrogens is 170 g/mol. The van der Waals surface area contributed by atoms with Crippen LogP contribution in [0.3, 0.4) is 0 Å². The molecule has 1 aliphatic rings. The molecule has 1 heterocycles. The van der Waals surface area contributed by atoms with Gasteiger partial charge in [0.2, 0.25) is 5.91 Å². The molecule has 0 aromatic rings. The lowest BCUT2D eigenvalue weighted by molar-refractivity contribution is -0.132. The number of aliphatic imine (C=N–C) groups is 1. The molecule has 72 valence electrons. The van der Waals surface area contributed by atoms with Gasteiger partial charge < -0.3 is 11.1 Å². The molecule has 0 aromatic carbocycles. The van der Waals surface area contributed by atoms with E-state index in [1.165, 1.54) is 6.92 Å². The number of hydrogen-bond donors (Lipinski definition) is 2. The van der Waals surface area contributed by atoms with Crippen molar-refractivity contribution in [2.24, 2.45) is 16.6 Å². The van der Waals surface area contributed by atoms with E-state index < -0.39 is 5.92 Å². The number of rotatable bonds is 2. The number of amides is 2. The summed E-state index contributed by atoms with van der Waals surface area (Å²) in [7, 11) is 0. The van der Waals surface area contributed by atoms with Crippen molar-refractivity contribution in [2.45, 2.75) is 26.3 Å². The molecule has 1 rings (SSSR count). The number of amidine groups is 1. The van der Waals surface area contributed by atoms with Gasteiger partial charge >= 0.3 is 0 Å². The predicted molar refractivity (Wildman–Crippen MR) is 48.0 cm³/mol. The van der Waals surface area contributed by atoms with Crippen LogP contribution in [0, 0.1) is 5.92 Å². The van der Waals surface area contributed by atoms with E-state index in [-0.39, 0.29) is 17.9 Å². The molecule has 5 heteroatoms. The minimum absolute atomic E-state index is 0.111. The maximum absolute atomic E-state index is 11.1. The van der Waals surface area contributed by atoms with E-state index in [0.717, 1.165) is 0 Å². The van der Waals surface area contributed by atoms with Gasteiger partial charge in [-0.3, -0.25) is 9.59 Å². The van der Waals surface area contributed by atoms with Crippen molar-refractivity contribution in [1.82, 2.24) is 5.32 Å². The highest BCUT2D eigenvalue weighted by Gasteiger charge is 2.27. The van der Waals surface area contributed by atoms with Gasteiger partial charge in [0.1, 0.15) is 11.8 Å². The van der Waals surface area contributed by atoms with Crippen LogP contribution in [0.1, 0.15) is 20.3 Å². The van der Waals surface area contributed by atoms with Crippen LogP contribution in [-0.4, -0.2) is 23.7 Å². The van der Waals surface area contributed by atoms with Gasteiger partial charge in [-0.05, 0) is 13.8 Å². The van der Waals surface area contributed by atoms with Crippen LogP contribution < -0.4 is 11.1 Å². The highest BCUT2D eigenvalue weighted by molar-refractivity contribution is 6.15. The second-order valence-electron chi connectivity index (χ2n) is 3.29. The van der Waals surface area contributed by atoms with E-state index in [9.17, 15) is 9.59 Å². The van der Waals surface area contributed by atoms with Crippen LogP contribution in [-0.2, 0) is 9.59 Å². The summed E-state index contributed by atoms with van der Waals surface area (Å²) in [6.07, 6.45) is 0.421. The Morgan fingerprint density at radius 2 is 2.23 bits per heavy atom. The second kappa shape index (κ2) is 3.66. The number of nitrogens with zero attached hydrogens (tertiary/aromatic N) is 1. The lowest BCUT2D eigenvalue weighted by atomic mass is 10.1. The fraction of sp³-hybridized carbons (Fsp3) is 0.625. The van der Waals surface area contributed by atoms with E-state index in [1.807, 2.05) is 0 Å². The summed E-state index contributed by atoms with van der Waals surface area (Å²) in [5.74, 6) is -0.977. The number of hydrogen-bond acceptors (Lipinski definition) is 3. The van der Waals surface area contributed by atoms with Gasteiger partial charge in [0.05, 0.1) is 0 Å². The number of nitrogens with two attached hydrogens (primary N) is 1. The Hall–Kier alpha value is -1.23. The summed E-state index contributed by atoms with van der Waals surface area (Å²) >= 11 is 0. The maximum atomic E-state index is 11.1. The Labute approximate surface area is 76.4 Å². The van der Waals surface area contributed by atoms with Gasteiger partial charge in [0, 0.05) is 12.5 Å². The third kappa shape index (κ3) is 2.35. The molecule has 0 radical (unpaired) electrons. The minimum atomic E-state index is -0.670. The average molecular weight is 183 g/mol. The highest BCUT2D eigenvalue weighted by atomic mass is 16.2. The molecule has 0 bridgehead atoms. The molecular formula is C8H13N3O2. The van der Waals surface area contributed by atoms with Crippen LogP contribution in [0.5, 0.6) is 0 Å². The van der Waals surface area contributed by atoms with Gasteiger partial charge in [-0.25, -0.2) is 0 Å². The van der Waals surface area contributed by atoms with Crippen molar-refractivity contribution in [1.29, 1.82) is 0 Å². The van der Waals surface area contributed by atoms with Crippen molar-refractivity contribution in [3.8, 4) is 0 Å². The molecule has 0 aromatic heterocycles. The molecule has 0 saturated carbocycles. The first-order chi connectivity index (χ1) is 6.00. The monoisotopic (exact) mass is 183 g/mol. The van der Waals surface area contributed by atoms with Crippen molar-refractivity contribution in [3.05, 3.63) is 0 Å². The Kier molecular flexibility index (Phi) is 2.77. The summed E-state index contributed by atoms with van der Waals surface area (Å²) in [6.45, 7) is 3.32. The van der Waals surface area contributed by atoms with E-state index in [2.05, 4.69) is 10.3 Å². The molecule has 2 atom stereocenters. The standard InChI is InChI=1S/C8H13N3O2/c1-4(9)3-6-10-7(12)5(2)8(13)11-6/h4-5H,3,9H2,1-2H3,(H,10,11,12,13). The minimum Gasteiger partial charge on any atom is -0.328 e. The first-order valence-electron chi connectivity index (χ1n) is 4.18. The van der Waals surface area contributed by atoms with E-state index in [1.54, 1.807) is 6.92 Å². The van der Waals surface area contributed by atoms with Crippen molar-refractivity contribution in [2.75, 3.05) is 0 Å². The topological polar surface area (TPSA) is 84.5 Å². The zero-order chi connectivity index (χ0) is 10.0. The molecule has 5 nitrogen and oxygen atoms in total. The Morgan fingerprint density at radius 3 is 2.69 bits per heavy atom. The lowest BCUT2D eigenvalue weighted by Gasteiger charge is -2.17. The van der Waals surface area contributed by atoms with Gasteiger partial charge in [-0.1, -0.05) is 0 Å². The third-order valence-corrected chi connectivity index (χ3v) is 1.79. The first-order valence-corrected chi connectivity index (χ1v) is 4.18. The summed E-state index contributed by atoms with van der Waals surface area (Å²) in [4.78, 5) is 26.0. The average Bonchev–Trinajstić information content (AvgIpc) is 1.98. The van der Waals surface area contributed by atoms with Gasteiger partial charge in [-0.2, -0.15) is 4.99 Å². The molecule has 0 aliphatic carbocycles. The van der Waals surface area contributed by atoms with Crippen LogP contribution in [0.15, 0.2) is 4.99 Å². The largest absolute Gasteiger partial charge is 0.328 e. The van der Waals surface area contributed by atoms with Crippen molar-refractivity contribution >= 4 is 17.6 Å². The Balaban J connectivity index is 2.73. The molecule has 0 fully saturated rings. The summed E-state index contributed by atoms with van der Waals surface area (Å²) in [5.41, 5.74) is 5.51. The molecule has 3 N–H and O–H groups in total. The summed E-state index contributed by atoms with van der Waals surface area (Å²) in [6, 6.07) is -0.111. The zero-order valence-electron chi connectivity index (χ0n) is 7.70. The van der Waals surface area contributed by atoms with Gasteiger partial charge in [0.25, 0.3) is 5.91 Å². The molecule has 0 saturated heterocycles. The lowest BCUT2D eigenvalue weighted by Crippen LogP contribution is -2.44. The van der Waals surface area contributed by atoms with E-state index >= 15 is 0 Å². The van der Waals surface area contributed by atoms with Crippen LogP contribution >= 0.6 is 0 Å². The molecule has 2 amide bonds. The normalized spacial score (nSPS) is 25.2. The molecule has 0 spiro atoms. The Morgan fingerprint density at radius 1 is 1.62 bits per heavy atom. The van der Waals surface area contributed by atoms with E-state index in [4.69, 9.17) is 5.73 Å². The SMILES string of the molecule is CC(N)CC1=NC(=O)C(C)C(=O)N1. The van der Waals surface area contributed by atoms with Crippen LogP contribution in [0.2, 0.25) is 0 Å². The molecule has 13 heavy (non-hydrogen) atoms. The quantitative estimate of drug-likeness (QED) is 0.561. The van der Waals surface area contributed by atoms with Crippen LogP contribution in [0.4, 0.5) is 0 Å². The second-order valence-corrected chi connectivity index (χ2v) is 3.29. The molecule has 1 aliphatic heterocycles.